The van der Waals surface area contributed by atoms with E-state index in [-0.39, 0.29) is 5.82 Å². The topological polar surface area (TPSA) is 40.7 Å². The average Bonchev–Trinajstić information content (AvgIpc) is 2.34. The molecule has 1 radical (unpaired) electrons. The number of hydrogen-bond acceptors (Lipinski definition) is 2. The summed E-state index contributed by atoms with van der Waals surface area (Å²) in [6.07, 6.45) is -3.75. The van der Waals surface area contributed by atoms with Crippen LogP contribution in [-0.2, 0) is 6.18 Å². The molecule has 0 aliphatic rings. The molecule has 0 unspecified atom stereocenters. The van der Waals surface area contributed by atoms with Gasteiger partial charge in [-0.25, -0.2) is 0 Å². The first-order chi connectivity index (χ1) is 5.55. The fraction of sp³-hybridized carbons (Fsp3) is 0.200. The van der Waals surface area contributed by atoms with Crippen molar-refractivity contribution >= 4 is 23.5 Å². The molecule has 0 saturated carbocycles. The van der Waals surface area contributed by atoms with Crippen LogP contribution in [0.15, 0.2) is 6.20 Å². The Balaban J connectivity index is 2.99. The average molecular weight is 194 g/mol. The van der Waals surface area contributed by atoms with Crippen molar-refractivity contribution in [3.8, 4) is 0 Å². The van der Waals surface area contributed by atoms with Crippen molar-refractivity contribution < 1.29 is 13.2 Å². The van der Waals surface area contributed by atoms with Gasteiger partial charge in [0.2, 0.25) is 0 Å². The summed E-state index contributed by atoms with van der Waals surface area (Å²) >= 11 is 4.21. The summed E-state index contributed by atoms with van der Waals surface area (Å²) in [7, 11) is 0. The third-order valence-corrected chi connectivity index (χ3v) is 1.22. The zero-order valence-electron chi connectivity index (χ0n) is 5.57. The summed E-state index contributed by atoms with van der Waals surface area (Å²) in [5.41, 5.74) is 1.06. The van der Waals surface area contributed by atoms with Crippen LogP contribution in [-0.4, -0.2) is 15.7 Å². The maximum Gasteiger partial charge on any atom is 0.421 e. The molecule has 7 heteroatoms. The van der Waals surface area contributed by atoms with Crippen LogP contribution in [0.2, 0.25) is 0 Å². The van der Waals surface area contributed by atoms with Crippen LogP contribution >= 0.6 is 12.2 Å². The third-order valence-electron chi connectivity index (χ3n) is 1.12. The van der Waals surface area contributed by atoms with E-state index in [0.29, 0.717) is 6.20 Å². The number of thiocarbonyl (C=S) groups is 1. The second kappa shape index (κ2) is 3.10. The van der Waals surface area contributed by atoms with Gasteiger partial charge in [-0.2, -0.15) is 18.3 Å². The van der Waals surface area contributed by atoms with Gasteiger partial charge in [-0.15, -0.1) is 0 Å². The number of aromatic nitrogens is 2. The molecular formula is C5H3F3N3S. The molecule has 0 fully saturated rings. The monoisotopic (exact) mass is 194 g/mol. The molecule has 65 valence electrons. The van der Waals surface area contributed by atoms with Gasteiger partial charge in [0.25, 0.3) is 0 Å². The van der Waals surface area contributed by atoms with Gasteiger partial charge in [-0.3, -0.25) is 5.10 Å². The second-order valence-electron chi connectivity index (χ2n) is 1.88. The van der Waals surface area contributed by atoms with Gasteiger partial charge < -0.3 is 5.32 Å². The Morgan fingerprint density at radius 3 is 2.75 bits per heavy atom. The molecule has 0 saturated heterocycles. The Labute approximate surface area is 71.0 Å². The second-order valence-corrected chi connectivity index (χ2v) is 2.09. The van der Waals surface area contributed by atoms with E-state index in [0.717, 1.165) is 0 Å². The lowest BCUT2D eigenvalue weighted by Crippen LogP contribution is -2.07. The van der Waals surface area contributed by atoms with E-state index >= 15 is 0 Å². The highest BCUT2D eigenvalue weighted by Crippen LogP contribution is 2.32. The molecule has 1 aromatic heterocycles. The summed E-state index contributed by atoms with van der Waals surface area (Å²) in [5.74, 6) is -0.294. The fourth-order valence-electron chi connectivity index (χ4n) is 0.647. The number of halogens is 3. The van der Waals surface area contributed by atoms with E-state index in [1.54, 1.807) is 0 Å². The summed E-state index contributed by atoms with van der Waals surface area (Å²) in [6, 6.07) is 0. The Bertz CT molecular complexity index is 280. The Morgan fingerprint density at radius 2 is 2.25 bits per heavy atom. The quantitative estimate of drug-likeness (QED) is 0.555. The van der Waals surface area contributed by atoms with Gasteiger partial charge in [0.05, 0.1) is 6.20 Å². The lowest BCUT2D eigenvalue weighted by Gasteiger charge is -2.04. The van der Waals surface area contributed by atoms with E-state index in [2.05, 4.69) is 27.7 Å². The molecule has 0 aliphatic heterocycles. The van der Waals surface area contributed by atoms with Crippen molar-refractivity contribution in [1.82, 2.24) is 10.2 Å². The molecular weight excluding hydrogens is 191 g/mol. The highest BCUT2D eigenvalue weighted by molar-refractivity contribution is 7.79. The van der Waals surface area contributed by atoms with Gasteiger partial charge in [0.15, 0.2) is 0 Å². The van der Waals surface area contributed by atoms with Crippen molar-refractivity contribution in [2.75, 3.05) is 5.32 Å². The van der Waals surface area contributed by atoms with E-state index in [1.807, 2.05) is 5.49 Å². The summed E-state index contributed by atoms with van der Waals surface area (Å²) in [4.78, 5) is 0. The number of alkyl halides is 3. The van der Waals surface area contributed by atoms with E-state index in [1.165, 1.54) is 0 Å². The van der Waals surface area contributed by atoms with Crippen LogP contribution in [0.25, 0.3) is 0 Å². The first-order valence-corrected chi connectivity index (χ1v) is 3.20. The van der Waals surface area contributed by atoms with Crippen molar-refractivity contribution in [2.45, 2.75) is 6.18 Å². The molecule has 2 N–H and O–H groups in total. The largest absolute Gasteiger partial charge is 0.421 e. The van der Waals surface area contributed by atoms with Gasteiger partial charge >= 0.3 is 6.18 Å². The maximum absolute atomic E-state index is 12.0. The number of hydrogen-bond donors (Lipinski definition) is 2. The Kier molecular flexibility index (Phi) is 2.32. The molecule has 0 aromatic carbocycles. The molecule has 0 atom stereocenters. The van der Waals surface area contributed by atoms with E-state index < -0.39 is 11.7 Å². The van der Waals surface area contributed by atoms with Crippen LogP contribution in [0.1, 0.15) is 5.56 Å². The van der Waals surface area contributed by atoms with E-state index in [4.69, 9.17) is 0 Å². The first kappa shape index (κ1) is 8.98. The fourth-order valence-corrected chi connectivity index (χ4v) is 0.749. The van der Waals surface area contributed by atoms with Gasteiger partial charge in [-0.05, 0) is 0 Å². The summed E-state index contributed by atoms with van der Waals surface area (Å²) in [6.45, 7) is 0. The number of H-pyrrole nitrogens is 1. The lowest BCUT2D eigenvalue weighted by molar-refractivity contribution is -0.136. The minimum absolute atomic E-state index is 0.294. The molecule has 0 amide bonds. The summed E-state index contributed by atoms with van der Waals surface area (Å²) in [5, 5.41) is 7.41. The SMILES string of the molecule is FC(F)(F)c1cn[nH]c1N[C]=S. The van der Waals surface area contributed by atoms with Crippen molar-refractivity contribution in [3.63, 3.8) is 0 Å². The highest BCUT2D eigenvalue weighted by atomic mass is 32.1. The predicted molar refractivity (Wildman–Crippen MR) is 39.8 cm³/mol. The number of aromatic amines is 1. The first-order valence-electron chi connectivity index (χ1n) is 2.79. The standard InChI is InChI=1S/C5H3F3N3S/c6-5(7,8)3-1-10-11-4(3)9-2-12/h1H,(H2,9,10,11,12). The van der Waals surface area contributed by atoms with E-state index in [9.17, 15) is 13.2 Å². The Morgan fingerprint density at radius 1 is 1.58 bits per heavy atom. The zero-order valence-corrected chi connectivity index (χ0v) is 6.38. The maximum atomic E-state index is 12.0. The minimum Gasteiger partial charge on any atom is -0.329 e. The van der Waals surface area contributed by atoms with Gasteiger partial charge in [0.1, 0.15) is 16.9 Å². The number of rotatable bonds is 2. The molecule has 3 nitrogen and oxygen atoms in total. The number of nitrogens with one attached hydrogen (secondary N) is 2. The van der Waals surface area contributed by atoms with Crippen LogP contribution in [0.5, 0.6) is 0 Å². The number of nitrogens with zero attached hydrogens (tertiary/aromatic N) is 1. The van der Waals surface area contributed by atoms with Gasteiger partial charge in [0, 0.05) is 0 Å². The van der Waals surface area contributed by atoms with Crippen LogP contribution in [0, 0.1) is 0 Å². The highest BCUT2D eigenvalue weighted by Gasteiger charge is 2.35. The van der Waals surface area contributed by atoms with Crippen LogP contribution in [0.4, 0.5) is 19.0 Å². The molecule has 12 heavy (non-hydrogen) atoms. The smallest absolute Gasteiger partial charge is 0.329 e. The Hall–Kier alpha value is -1.11. The molecule has 0 spiro atoms. The minimum atomic E-state index is -4.43. The molecule has 1 rings (SSSR count). The lowest BCUT2D eigenvalue weighted by atomic mass is 10.3. The third kappa shape index (κ3) is 1.73. The summed E-state index contributed by atoms with van der Waals surface area (Å²) < 4.78 is 36.1. The zero-order chi connectivity index (χ0) is 9.19. The normalized spacial score (nSPS) is 11.2. The van der Waals surface area contributed by atoms with Crippen LogP contribution < -0.4 is 5.32 Å². The van der Waals surface area contributed by atoms with Gasteiger partial charge in [-0.1, -0.05) is 12.2 Å². The number of anilines is 1. The molecule has 0 bridgehead atoms. The van der Waals surface area contributed by atoms with Crippen LogP contribution in [0.3, 0.4) is 0 Å². The van der Waals surface area contributed by atoms with Crippen molar-refractivity contribution in [1.29, 1.82) is 0 Å². The molecule has 1 aromatic rings. The molecule has 0 aliphatic carbocycles. The van der Waals surface area contributed by atoms with Crippen molar-refractivity contribution in [2.24, 2.45) is 0 Å². The predicted octanol–water partition coefficient (Wildman–Crippen LogP) is 1.67. The van der Waals surface area contributed by atoms with Crippen molar-refractivity contribution in [3.05, 3.63) is 11.8 Å². The molecule has 1 heterocycles.